The Morgan fingerprint density at radius 1 is 1.10 bits per heavy atom. The second-order valence-corrected chi connectivity index (χ2v) is 14.5. The lowest BCUT2D eigenvalue weighted by Gasteiger charge is -2.40. The van der Waals surface area contributed by atoms with E-state index >= 15 is 0 Å². The van der Waals surface area contributed by atoms with Gasteiger partial charge in [0.05, 0.1) is 36.5 Å². The SMILES string of the molecule is CC1CCC(NC2NCC3OC(C#N)CC3C2Br)CC1.CCC1CC(C(=O)NC2CCCN3CCNC23)C(CC)N1. The molecule has 9 nitrogen and oxygen atoms in total. The van der Waals surface area contributed by atoms with Crippen molar-refractivity contribution >= 4 is 21.8 Å². The van der Waals surface area contributed by atoms with Crippen LogP contribution in [0.25, 0.3) is 0 Å². The lowest BCUT2D eigenvalue weighted by molar-refractivity contribution is -0.126. The summed E-state index contributed by atoms with van der Waals surface area (Å²) in [4.78, 5) is 15.6. The third-order valence-electron chi connectivity index (χ3n) is 10.7. The zero-order valence-electron chi connectivity index (χ0n) is 25.4. The highest BCUT2D eigenvalue weighted by atomic mass is 79.9. The van der Waals surface area contributed by atoms with E-state index in [9.17, 15) is 4.79 Å². The van der Waals surface area contributed by atoms with Gasteiger partial charge >= 0.3 is 0 Å². The number of carbonyl (C=O) groups excluding carboxylic acids is 1. The predicted octanol–water partition coefficient (Wildman–Crippen LogP) is 2.81. The van der Waals surface area contributed by atoms with Gasteiger partial charge in [0.2, 0.25) is 5.91 Å². The Morgan fingerprint density at radius 2 is 1.90 bits per heavy atom. The highest BCUT2D eigenvalue weighted by molar-refractivity contribution is 9.09. The van der Waals surface area contributed by atoms with Gasteiger partial charge in [-0.2, -0.15) is 5.26 Å². The molecule has 10 unspecified atom stereocenters. The first-order valence-corrected chi connectivity index (χ1v) is 17.5. The number of fused-ring (bicyclic) bond motifs is 2. The third-order valence-corrected chi connectivity index (χ3v) is 11.9. The summed E-state index contributed by atoms with van der Waals surface area (Å²) in [5.74, 6) is 1.75. The number of amides is 1. The lowest BCUT2D eigenvalue weighted by atomic mass is 9.86. The fourth-order valence-electron chi connectivity index (χ4n) is 8.14. The average molecular weight is 637 g/mol. The molecule has 1 amide bonds. The topological polar surface area (TPSA) is 113 Å². The molecule has 5 aliphatic heterocycles. The summed E-state index contributed by atoms with van der Waals surface area (Å²) in [6.07, 6.45) is 12.2. The Balaban J connectivity index is 0.000000165. The molecule has 0 bridgehead atoms. The van der Waals surface area contributed by atoms with Gasteiger partial charge in [-0.1, -0.05) is 36.7 Å². The fraction of sp³-hybridized carbons (Fsp3) is 0.935. The zero-order valence-corrected chi connectivity index (χ0v) is 27.0. The molecule has 5 N–H and O–H groups in total. The van der Waals surface area contributed by atoms with Crippen LogP contribution in [0.3, 0.4) is 0 Å². The van der Waals surface area contributed by atoms with Crippen LogP contribution < -0.4 is 26.6 Å². The van der Waals surface area contributed by atoms with Crippen molar-refractivity contribution in [1.82, 2.24) is 31.5 Å². The van der Waals surface area contributed by atoms with Gasteiger partial charge in [0.1, 0.15) is 6.10 Å². The quantitative estimate of drug-likeness (QED) is 0.283. The molecule has 1 saturated carbocycles. The summed E-state index contributed by atoms with van der Waals surface area (Å²) in [5, 5.41) is 26.9. The number of ether oxygens (including phenoxy) is 1. The molecule has 10 atom stereocenters. The van der Waals surface area contributed by atoms with Crippen LogP contribution in [-0.4, -0.2) is 90.5 Å². The number of halogens is 1. The van der Waals surface area contributed by atoms with E-state index in [-0.39, 0.29) is 30.1 Å². The standard InChI is InChI=1S/C16H30N4O.C15H24BrN3O/c1-3-11-10-12(13(4-2)18-11)16(21)19-14-6-5-8-20-9-7-17-15(14)20;1-9-2-4-10(5-3-9)19-15-14(16)12-6-11(7-17)20-13(12)8-18-15/h11-15,17-18H,3-10H2,1-2H3,(H,19,21);9-15,18-19H,2-6,8H2,1H3. The van der Waals surface area contributed by atoms with Crippen molar-refractivity contribution in [1.29, 1.82) is 5.26 Å². The minimum Gasteiger partial charge on any atom is -0.358 e. The summed E-state index contributed by atoms with van der Waals surface area (Å²) in [6.45, 7) is 10.9. The Kier molecular flexibility index (Phi) is 11.4. The highest BCUT2D eigenvalue weighted by Gasteiger charge is 2.46. The van der Waals surface area contributed by atoms with Gasteiger partial charge in [-0.05, 0) is 76.7 Å². The first-order chi connectivity index (χ1) is 19.9. The molecule has 0 aromatic rings. The molecule has 6 fully saturated rings. The number of piperidine rings is 2. The number of nitriles is 1. The number of alkyl halides is 1. The van der Waals surface area contributed by atoms with Gasteiger partial charge in [0, 0.05) is 48.5 Å². The van der Waals surface area contributed by atoms with Crippen molar-refractivity contribution in [3.63, 3.8) is 0 Å². The number of carbonyl (C=O) groups is 1. The largest absolute Gasteiger partial charge is 0.358 e. The molecular weight excluding hydrogens is 582 g/mol. The van der Waals surface area contributed by atoms with E-state index in [4.69, 9.17) is 10.00 Å². The smallest absolute Gasteiger partial charge is 0.225 e. The molecule has 6 aliphatic rings. The van der Waals surface area contributed by atoms with Crippen molar-refractivity contribution in [2.24, 2.45) is 17.8 Å². The second-order valence-electron chi connectivity index (χ2n) is 13.5. The highest BCUT2D eigenvalue weighted by Crippen LogP contribution is 2.36. The predicted molar refractivity (Wildman–Crippen MR) is 165 cm³/mol. The summed E-state index contributed by atoms with van der Waals surface area (Å²) in [6, 6.07) is 4.03. The molecule has 0 spiro atoms. The first-order valence-electron chi connectivity index (χ1n) is 16.6. The van der Waals surface area contributed by atoms with Crippen LogP contribution in [0.2, 0.25) is 0 Å². The van der Waals surface area contributed by atoms with E-state index in [1.54, 1.807) is 0 Å². The number of rotatable bonds is 6. The molecule has 5 saturated heterocycles. The molecule has 0 radical (unpaired) electrons. The van der Waals surface area contributed by atoms with Gasteiger partial charge in [0.15, 0.2) is 0 Å². The van der Waals surface area contributed by atoms with Crippen LogP contribution in [0.15, 0.2) is 0 Å². The van der Waals surface area contributed by atoms with Crippen LogP contribution in [-0.2, 0) is 9.53 Å². The molecule has 6 rings (SSSR count). The lowest BCUT2D eigenvalue weighted by Crippen LogP contribution is -2.61. The van der Waals surface area contributed by atoms with Crippen LogP contribution in [0, 0.1) is 29.1 Å². The Labute approximate surface area is 256 Å². The van der Waals surface area contributed by atoms with E-state index in [1.807, 2.05) is 0 Å². The minimum atomic E-state index is -0.221. The number of hydrogen-bond donors (Lipinski definition) is 5. The van der Waals surface area contributed by atoms with Crippen molar-refractivity contribution in [3.05, 3.63) is 0 Å². The van der Waals surface area contributed by atoms with E-state index < -0.39 is 0 Å². The van der Waals surface area contributed by atoms with E-state index in [2.05, 4.69) is 74.3 Å². The second kappa shape index (κ2) is 14.8. The van der Waals surface area contributed by atoms with Gasteiger partial charge in [-0.3, -0.25) is 25.6 Å². The molecule has 1 aliphatic carbocycles. The number of nitrogens with one attached hydrogen (secondary N) is 5. The van der Waals surface area contributed by atoms with Crippen LogP contribution in [0.5, 0.6) is 0 Å². The van der Waals surface area contributed by atoms with Crippen LogP contribution in [0.1, 0.15) is 85.0 Å². The maximum Gasteiger partial charge on any atom is 0.225 e. The van der Waals surface area contributed by atoms with Gasteiger partial charge in [-0.15, -0.1) is 0 Å². The summed E-state index contributed by atoms with van der Waals surface area (Å²) < 4.78 is 5.76. The molecule has 10 heteroatoms. The Morgan fingerprint density at radius 3 is 2.63 bits per heavy atom. The third kappa shape index (κ3) is 7.65. The summed E-state index contributed by atoms with van der Waals surface area (Å²) in [7, 11) is 0. The van der Waals surface area contributed by atoms with Gasteiger partial charge in [-0.25, -0.2) is 0 Å². The fourth-order valence-corrected chi connectivity index (χ4v) is 9.03. The monoisotopic (exact) mass is 635 g/mol. The molecule has 5 heterocycles. The summed E-state index contributed by atoms with van der Waals surface area (Å²) >= 11 is 3.84. The van der Waals surface area contributed by atoms with Crippen molar-refractivity contribution in [2.45, 2.75) is 139 Å². The van der Waals surface area contributed by atoms with Crippen molar-refractivity contribution < 1.29 is 9.53 Å². The molecule has 232 valence electrons. The number of hydrogen-bond acceptors (Lipinski definition) is 8. The van der Waals surface area contributed by atoms with Crippen molar-refractivity contribution in [2.75, 3.05) is 26.2 Å². The molecular formula is C31H54BrN7O2. The maximum atomic E-state index is 12.7. The van der Waals surface area contributed by atoms with Gasteiger partial charge in [0.25, 0.3) is 0 Å². The molecule has 41 heavy (non-hydrogen) atoms. The van der Waals surface area contributed by atoms with E-state index in [1.165, 1.54) is 38.6 Å². The maximum absolute atomic E-state index is 12.7. The Hall–Kier alpha value is -0.800. The normalized spacial score (nSPS) is 44.3. The molecule has 0 aromatic heterocycles. The number of nitrogens with zero attached hydrogens (tertiary/aromatic N) is 2. The first kappa shape index (κ1) is 31.6. The van der Waals surface area contributed by atoms with Crippen LogP contribution >= 0.6 is 15.9 Å². The van der Waals surface area contributed by atoms with Crippen molar-refractivity contribution in [3.8, 4) is 6.07 Å². The minimum absolute atomic E-state index is 0.150. The summed E-state index contributed by atoms with van der Waals surface area (Å²) in [5.41, 5.74) is 0. The molecule has 0 aromatic carbocycles. The van der Waals surface area contributed by atoms with Crippen LogP contribution in [0.4, 0.5) is 0 Å². The average Bonchev–Trinajstić information content (AvgIpc) is 3.74. The Bertz CT molecular complexity index is 896. The van der Waals surface area contributed by atoms with E-state index in [0.717, 1.165) is 57.7 Å². The van der Waals surface area contributed by atoms with Gasteiger partial charge < -0.3 is 15.4 Å². The van der Waals surface area contributed by atoms with E-state index in [0.29, 0.717) is 41.2 Å². The zero-order chi connectivity index (χ0) is 28.9.